The third kappa shape index (κ3) is 6.98. The van der Waals surface area contributed by atoms with E-state index >= 15 is 0 Å². The highest BCUT2D eigenvalue weighted by Gasteiger charge is 2.36. The number of hydrogen-bond acceptors (Lipinski definition) is 6. The molecule has 1 unspecified atom stereocenters. The summed E-state index contributed by atoms with van der Waals surface area (Å²) in [5, 5.41) is 13.0. The van der Waals surface area contributed by atoms with Crippen LogP contribution in [0.1, 0.15) is 26.7 Å². The highest BCUT2D eigenvalue weighted by molar-refractivity contribution is 9.10. The zero-order valence-corrected chi connectivity index (χ0v) is 28.6. The van der Waals surface area contributed by atoms with Crippen molar-refractivity contribution in [1.82, 2.24) is 4.98 Å². The Labute approximate surface area is 300 Å². The fourth-order valence-electron chi connectivity index (χ4n) is 5.54. The number of carbonyl (C=O) groups excluding carboxylic acids is 2. The van der Waals surface area contributed by atoms with Gasteiger partial charge in [0.15, 0.2) is 5.17 Å². The number of nitrogens with one attached hydrogen (secondary N) is 1. The molecule has 5 aromatic carbocycles. The lowest BCUT2D eigenvalue weighted by molar-refractivity contribution is -0.116. The van der Waals surface area contributed by atoms with Gasteiger partial charge in [-0.25, -0.2) is 14.8 Å². The van der Waals surface area contributed by atoms with E-state index in [0.717, 1.165) is 15.6 Å². The highest BCUT2D eigenvalue weighted by Crippen LogP contribution is 2.38. The van der Waals surface area contributed by atoms with Crippen LogP contribution in [0.25, 0.3) is 28.2 Å². The number of aromatic carboxylic acids is 1. The Bertz CT molecular complexity index is 2300. The highest BCUT2D eigenvalue weighted by atomic mass is 79.9. The zero-order chi connectivity index (χ0) is 34.6. The number of benzene rings is 5. The molecule has 6 aromatic rings. The van der Waals surface area contributed by atoms with Gasteiger partial charge in [0, 0.05) is 21.1 Å². The number of fused-ring (bicyclic) bond motifs is 1. The molecule has 0 fully saturated rings. The number of thioether (sulfide) groups is 1. The molecule has 2 heterocycles. The molecule has 0 bridgehead atoms. The summed E-state index contributed by atoms with van der Waals surface area (Å²) in [5.41, 5.74) is 4.95. The number of pyridine rings is 1. The van der Waals surface area contributed by atoms with E-state index in [4.69, 9.17) is 4.99 Å². The summed E-state index contributed by atoms with van der Waals surface area (Å²) < 4.78 is 0.923. The molecule has 1 atom stereocenters. The van der Waals surface area contributed by atoms with E-state index in [9.17, 15) is 19.5 Å². The van der Waals surface area contributed by atoms with Crippen molar-refractivity contribution in [3.8, 4) is 11.3 Å². The molecule has 7 rings (SSSR count). The summed E-state index contributed by atoms with van der Waals surface area (Å²) in [5.74, 6) is -1.63. The number of aromatic nitrogens is 1. The van der Waals surface area contributed by atoms with E-state index in [2.05, 4.69) is 26.2 Å². The standard InChI is InChI=1S/C40H27BrN4O4S/c41-28-19-15-25(16-20-28)23-35-38(47)45(30-11-5-2-6-12-30)40(44-35)50-36(27-9-3-1-4-10-27)37(46)42-29-21-17-26(18-22-29)34-24-32(39(48)49)31-13-7-8-14-33(31)43-34/h1-24,36H,(H,42,46)(H,48,49)/b35-23-. The van der Waals surface area contributed by atoms with Crippen LogP contribution in [0.5, 0.6) is 0 Å². The van der Waals surface area contributed by atoms with E-state index in [1.165, 1.54) is 16.7 Å². The quantitative estimate of drug-likeness (QED) is 0.151. The smallest absolute Gasteiger partial charge is 0.336 e. The minimum absolute atomic E-state index is 0.165. The molecule has 0 aliphatic carbocycles. The van der Waals surface area contributed by atoms with Crippen LogP contribution < -0.4 is 10.2 Å². The van der Waals surface area contributed by atoms with Crippen LogP contribution in [0.15, 0.2) is 155 Å². The van der Waals surface area contributed by atoms with Crippen molar-refractivity contribution < 1.29 is 19.5 Å². The Balaban J connectivity index is 1.19. The van der Waals surface area contributed by atoms with Gasteiger partial charge >= 0.3 is 5.97 Å². The van der Waals surface area contributed by atoms with Crippen LogP contribution in [0.2, 0.25) is 0 Å². The third-order valence-corrected chi connectivity index (χ3v) is 9.71. The second kappa shape index (κ2) is 14.3. The van der Waals surface area contributed by atoms with Gasteiger partial charge in [-0.2, -0.15) is 0 Å². The molecule has 0 spiro atoms. The molecule has 50 heavy (non-hydrogen) atoms. The van der Waals surface area contributed by atoms with Crippen LogP contribution in [-0.2, 0) is 9.59 Å². The summed E-state index contributed by atoms with van der Waals surface area (Å²) in [6, 6.07) is 41.9. The Morgan fingerprint density at radius 3 is 2.18 bits per heavy atom. The average molecular weight is 740 g/mol. The van der Waals surface area contributed by atoms with Gasteiger partial charge in [-0.3, -0.25) is 14.5 Å². The van der Waals surface area contributed by atoms with Crippen LogP contribution in [0.3, 0.4) is 0 Å². The monoisotopic (exact) mass is 738 g/mol. The van der Waals surface area contributed by atoms with E-state index in [-0.39, 0.29) is 23.1 Å². The topological polar surface area (TPSA) is 112 Å². The first-order chi connectivity index (χ1) is 24.3. The lowest BCUT2D eigenvalue weighted by Crippen LogP contribution is -2.32. The van der Waals surface area contributed by atoms with E-state index in [1.807, 2.05) is 91.0 Å². The van der Waals surface area contributed by atoms with Crippen molar-refractivity contribution in [2.24, 2.45) is 4.99 Å². The molecule has 10 heteroatoms. The number of carbonyl (C=O) groups is 3. The number of amidine groups is 1. The normalized spacial score (nSPS) is 14.1. The van der Waals surface area contributed by atoms with Gasteiger partial charge in [0.1, 0.15) is 10.9 Å². The summed E-state index contributed by atoms with van der Waals surface area (Å²) >= 11 is 4.64. The fourth-order valence-corrected chi connectivity index (χ4v) is 6.91. The molecule has 0 radical (unpaired) electrons. The number of carboxylic acid groups (broad SMARTS) is 1. The molecular formula is C40H27BrN4O4S. The van der Waals surface area contributed by atoms with E-state index in [0.29, 0.717) is 38.7 Å². The van der Waals surface area contributed by atoms with E-state index in [1.54, 1.807) is 54.6 Å². The van der Waals surface area contributed by atoms with Crippen molar-refractivity contribution >= 4 is 79.0 Å². The molecule has 2 amide bonds. The second-order valence-electron chi connectivity index (χ2n) is 11.3. The number of halogens is 1. The maximum Gasteiger partial charge on any atom is 0.336 e. The predicted molar refractivity (Wildman–Crippen MR) is 203 cm³/mol. The molecule has 244 valence electrons. The first-order valence-electron chi connectivity index (χ1n) is 15.6. The zero-order valence-electron chi connectivity index (χ0n) is 26.2. The summed E-state index contributed by atoms with van der Waals surface area (Å²) in [6.45, 7) is 0. The maximum absolute atomic E-state index is 14.1. The van der Waals surface area contributed by atoms with Gasteiger partial charge in [-0.1, -0.05) is 119 Å². The van der Waals surface area contributed by atoms with Gasteiger partial charge in [-0.05, 0) is 65.7 Å². The number of hydrogen-bond donors (Lipinski definition) is 2. The van der Waals surface area contributed by atoms with Crippen LogP contribution >= 0.6 is 27.7 Å². The summed E-state index contributed by atoms with van der Waals surface area (Å²) in [6.07, 6.45) is 1.74. The number of amides is 2. The van der Waals surface area contributed by atoms with Gasteiger partial charge in [0.05, 0.1) is 22.5 Å². The number of carboxylic acids is 1. The molecule has 0 saturated heterocycles. The largest absolute Gasteiger partial charge is 0.478 e. The molecule has 1 aliphatic rings. The van der Waals surface area contributed by atoms with Crippen LogP contribution in [-0.4, -0.2) is 33.0 Å². The Morgan fingerprint density at radius 1 is 0.820 bits per heavy atom. The minimum Gasteiger partial charge on any atom is -0.478 e. The maximum atomic E-state index is 14.1. The Kier molecular flexibility index (Phi) is 9.37. The van der Waals surface area contributed by atoms with Gasteiger partial charge < -0.3 is 10.4 Å². The summed E-state index contributed by atoms with van der Waals surface area (Å²) in [4.78, 5) is 50.9. The first kappa shape index (κ1) is 32.7. The number of para-hydroxylation sites is 2. The van der Waals surface area contributed by atoms with Crippen molar-refractivity contribution in [3.63, 3.8) is 0 Å². The van der Waals surface area contributed by atoms with Gasteiger partial charge in [0.25, 0.3) is 5.91 Å². The number of anilines is 2. The first-order valence-corrected chi connectivity index (χ1v) is 17.2. The molecule has 8 nitrogen and oxygen atoms in total. The van der Waals surface area contributed by atoms with Crippen LogP contribution in [0.4, 0.5) is 11.4 Å². The Morgan fingerprint density at radius 2 is 1.48 bits per heavy atom. The number of rotatable bonds is 8. The lowest BCUT2D eigenvalue weighted by atomic mass is 10.0. The fraction of sp³-hybridized carbons (Fsp3) is 0.0250. The van der Waals surface area contributed by atoms with Crippen molar-refractivity contribution in [3.05, 3.63) is 166 Å². The Hall–Kier alpha value is -5.84. The van der Waals surface area contributed by atoms with Gasteiger partial charge in [0.2, 0.25) is 5.91 Å². The minimum atomic E-state index is -1.03. The molecule has 1 aromatic heterocycles. The van der Waals surface area contributed by atoms with Gasteiger partial charge in [-0.15, -0.1) is 0 Å². The predicted octanol–water partition coefficient (Wildman–Crippen LogP) is 9.22. The second-order valence-corrected chi connectivity index (χ2v) is 13.3. The average Bonchev–Trinajstić information content (AvgIpc) is 3.45. The molecule has 0 saturated carbocycles. The lowest BCUT2D eigenvalue weighted by Gasteiger charge is -2.22. The number of aliphatic imine (C=N–C) groups is 1. The molecule has 2 N–H and O–H groups in total. The third-order valence-electron chi connectivity index (χ3n) is 7.98. The van der Waals surface area contributed by atoms with E-state index < -0.39 is 11.2 Å². The van der Waals surface area contributed by atoms with Crippen molar-refractivity contribution in [1.29, 1.82) is 0 Å². The molecular weight excluding hydrogens is 712 g/mol. The SMILES string of the molecule is O=C(O)c1cc(-c2ccc(NC(=O)C(SC3=N/C(=C\c4ccc(Br)cc4)C(=O)N3c3ccccc3)c3ccccc3)cc2)nc2ccccc12. The van der Waals surface area contributed by atoms with Crippen molar-refractivity contribution in [2.45, 2.75) is 5.25 Å². The summed E-state index contributed by atoms with van der Waals surface area (Å²) in [7, 11) is 0. The molecule has 1 aliphatic heterocycles. The van der Waals surface area contributed by atoms with Crippen LogP contribution in [0, 0.1) is 0 Å². The number of nitrogens with zero attached hydrogens (tertiary/aromatic N) is 3. The van der Waals surface area contributed by atoms with Crippen molar-refractivity contribution in [2.75, 3.05) is 10.2 Å².